The number of nitrogens with zero attached hydrogens (tertiary/aromatic N) is 1. The number of alkyl halides is 1. The Labute approximate surface area is 144 Å². The van der Waals surface area contributed by atoms with Crippen molar-refractivity contribution >= 4 is 51.4 Å². The average Bonchev–Trinajstić information content (AvgIpc) is 2.58. The maximum atomic E-state index is 12.6. The van der Waals surface area contributed by atoms with Crippen molar-refractivity contribution in [2.45, 2.75) is 16.7 Å². The smallest absolute Gasteiger partial charge is 0.246 e. The molecule has 1 heterocycles. The van der Waals surface area contributed by atoms with Crippen molar-refractivity contribution in [3.63, 3.8) is 0 Å². The third-order valence-electron chi connectivity index (χ3n) is 4.03. The number of halogens is 1. The summed E-state index contributed by atoms with van der Waals surface area (Å²) in [5.74, 6) is -0.143. The van der Waals surface area contributed by atoms with Crippen LogP contribution < -0.4 is 4.90 Å². The van der Waals surface area contributed by atoms with Crippen molar-refractivity contribution < 1.29 is 4.79 Å². The Morgan fingerprint density at radius 2 is 1.91 bits per heavy atom. The van der Waals surface area contributed by atoms with Crippen molar-refractivity contribution in [1.29, 1.82) is 0 Å². The van der Waals surface area contributed by atoms with Crippen LogP contribution in [0.4, 0.5) is 11.4 Å². The summed E-state index contributed by atoms with van der Waals surface area (Å²) in [4.78, 5) is 16.6. The van der Waals surface area contributed by atoms with E-state index in [0.717, 1.165) is 31.9 Å². The van der Waals surface area contributed by atoms with Crippen molar-refractivity contribution in [2.24, 2.45) is 0 Å². The van der Waals surface area contributed by atoms with Gasteiger partial charge in [-0.2, -0.15) is 0 Å². The van der Waals surface area contributed by atoms with Crippen LogP contribution in [0.3, 0.4) is 0 Å². The highest BCUT2D eigenvalue weighted by Gasteiger charge is 2.29. The summed E-state index contributed by atoms with van der Waals surface area (Å²) >= 11 is 7.61. The molecule has 0 atom stereocenters. The van der Waals surface area contributed by atoms with E-state index >= 15 is 0 Å². The van der Waals surface area contributed by atoms with Crippen molar-refractivity contribution in [2.75, 3.05) is 10.8 Å². The fraction of sp³-hybridized carbons (Fsp3) is 0.105. The molecule has 1 aliphatic rings. The van der Waals surface area contributed by atoms with Gasteiger partial charge in [0.1, 0.15) is 5.88 Å². The summed E-state index contributed by atoms with van der Waals surface area (Å²) in [6.45, 7) is 2.06. The Hall–Kier alpha value is -1.97. The minimum atomic E-state index is -0.102. The van der Waals surface area contributed by atoms with Crippen LogP contribution in [0.1, 0.15) is 5.56 Å². The summed E-state index contributed by atoms with van der Waals surface area (Å²) in [5.41, 5.74) is 3.03. The topological polar surface area (TPSA) is 20.3 Å². The fourth-order valence-electron chi connectivity index (χ4n) is 2.99. The van der Waals surface area contributed by atoms with Crippen LogP contribution in [0.5, 0.6) is 0 Å². The highest BCUT2D eigenvalue weighted by Crippen LogP contribution is 2.51. The predicted molar refractivity (Wildman–Crippen MR) is 97.1 cm³/mol. The van der Waals surface area contributed by atoms with Crippen LogP contribution in [0, 0.1) is 6.92 Å². The van der Waals surface area contributed by atoms with E-state index in [1.54, 1.807) is 16.7 Å². The molecule has 23 heavy (non-hydrogen) atoms. The van der Waals surface area contributed by atoms with E-state index < -0.39 is 0 Å². The molecule has 0 bridgehead atoms. The second-order valence-electron chi connectivity index (χ2n) is 5.57. The number of rotatable bonds is 1. The monoisotopic (exact) mass is 339 g/mol. The van der Waals surface area contributed by atoms with Crippen LogP contribution in [0.25, 0.3) is 10.8 Å². The SMILES string of the molecule is Cc1ccc2c(c1)Sc1ccc3ccccc3c1N2C(=O)CCl. The molecular weight excluding hydrogens is 326 g/mol. The largest absolute Gasteiger partial charge is 0.277 e. The zero-order chi connectivity index (χ0) is 16.0. The molecular formula is C19H14ClNOS. The molecule has 0 unspecified atom stereocenters. The van der Waals surface area contributed by atoms with Gasteiger partial charge in [0.15, 0.2) is 0 Å². The molecule has 2 nitrogen and oxygen atoms in total. The lowest BCUT2D eigenvalue weighted by molar-refractivity contribution is -0.115. The summed E-state index contributed by atoms with van der Waals surface area (Å²) in [6.07, 6.45) is 0. The van der Waals surface area contributed by atoms with E-state index in [-0.39, 0.29) is 11.8 Å². The quantitative estimate of drug-likeness (QED) is 0.544. The number of carbonyl (C=O) groups is 1. The first kappa shape index (κ1) is 14.6. The minimum absolute atomic E-state index is 0.0410. The summed E-state index contributed by atoms with van der Waals surface area (Å²) in [5, 5.41) is 2.19. The van der Waals surface area contributed by atoms with Gasteiger partial charge in [-0.05, 0) is 36.1 Å². The molecule has 4 heteroatoms. The number of anilines is 2. The summed E-state index contributed by atoms with van der Waals surface area (Å²) < 4.78 is 0. The number of benzene rings is 3. The first-order valence-electron chi connectivity index (χ1n) is 7.38. The Balaban J connectivity index is 2.04. The van der Waals surface area contributed by atoms with Gasteiger partial charge < -0.3 is 0 Å². The number of fused-ring (bicyclic) bond motifs is 4. The van der Waals surface area contributed by atoms with Crippen LogP contribution in [0.15, 0.2) is 64.4 Å². The first-order valence-corrected chi connectivity index (χ1v) is 8.73. The molecule has 3 aromatic rings. The van der Waals surface area contributed by atoms with E-state index in [4.69, 9.17) is 11.6 Å². The predicted octanol–water partition coefficient (Wildman–Crippen LogP) is 5.52. The molecule has 0 saturated carbocycles. The molecule has 1 aliphatic heterocycles. The lowest BCUT2D eigenvalue weighted by atomic mass is 10.1. The van der Waals surface area contributed by atoms with Crippen molar-refractivity contribution in [3.8, 4) is 0 Å². The molecule has 0 N–H and O–H groups in total. The molecule has 4 rings (SSSR count). The van der Waals surface area contributed by atoms with Crippen LogP contribution in [-0.4, -0.2) is 11.8 Å². The van der Waals surface area contributed by atoms with E-state index in [9.17, 15) is 4.79 Å². The van der Waals surface area contributed by atoms with Gasteiger partial charge in [-0.3, -0.25) is 9.69 Å². The molecule has 0 fully saturated rings. The molecule has 0 aliphatic carbocycles. The Morgan fingerprint density at radius 3 is 2.74 bits per heavy atom. The van der Waals surface area contributed by atoms with Crippen LogP contribution in [-0.2, 0) is 4.79 Å². The second-order valence-corrected chi connectivity index (χ2v) is 6.92. The minimum Gasteiger partial charge on any atom is -0.277 e. The van der Waals surface area contributed by atoms with Crippen LogP contribution in [0.2, 0.25) is 0 Å². The van der Waals surface area contributed by atoms with Crippen molar-refractivity contribution in [1.82, 2.24) is 0 Å². The van der Waals surface area contributed by atoms with E-state index in [0.29, 0.717) is 0 Å². The standard InChI is InChI=1S/C19H14ClNOS/c1-12-6-8-15-17(10-12)23-16-9-7-13-4-2-3-5-14(13)19(16)21(15)18(22)11-20/h2-10H,11H2,1H3. The third kappa shape index (κ3) is 2.32. The molecule has 0 aromatic heterocycles. The third-order valence-corrected chi connectivity index (χ3v) is 5.35. The lowest BCUT2D eigenvalue weighted by Crippen LogP contribution is -2.29. The van der Waals surface area contributed by atoms with Gasteiger partial charge in [0.2, 0.25) is 5.91 Å². The van der Waals surface area contributed by atoms with E-state index in [2.05, 4.69) is 37.3 Å². The maximum Gasteiger partial charge on any atom is 0.246 e. The van der Waals surface area contributed by atoms with Gasteiger partial charge in [0, 0.05) is 15.2 Å². The van der Waals surface area contributed by atoms with Gasteiger partial charge in [-0.1, -0.05) is 48.2 Å². The second kappa shape index (κ2) is 5.59. The maximum absolute atomic E-state index is 12.6. The zero-order valence-corrected chi connectivity index (χ0v) is 14.1. The number of amides is 1. The molecule has 114 valence electrons. The number of aryl methyl sites for hydroxylation is 1. The molecule has 0 saturated heterocycles. The summed E-state index contributed by atoms with van der Waals surface area (Å²) in [7, 11) is 0. The molecule has 1 amide bonds. The Bertz CT molecular complexity index is 938. The molecule has 0 spiro atoms. The lowest BCUT2D eigenvalue weighted by Gasteiger charge is -2.32. The van der Waals surface area contributed by atoms with Gasteiger partial charge in [0.25, 0.3) is 0 Å². The number of carbonyl (C=O) groups excluding carboxylic acids is 1. The van der Waals surface area contributed by atoms with Crippen LogP contribution >= 0.6 is 23.4 Å². The van der Waals surface area contributed by atoms with E-state index in [1.807, 2.05) is 24.3 Å². The Kier molecular flexibility index (Phi) is 3.55. The molecule has 0 radical (unpaired) electrons. The normalized spacial score (nSPS) is 12.9. The van der Waals surface area contributed by atoms with Crippen molar-refractivity contribution in [3.05, 3.63) is 60.2 Å². The van der Waals surface area contributed by atoms with Gasteiger partial charge in [-0.15, -0.1) is 11.6 Å². The molecule has 3 aromatic carbocycles. The highest BCUT2D eigenvalue weighted by atomic mass is 35.5. The Morgan fingerprint density at radius 1 is 1.09 bits per heavy atom. The average molecular weight is 340 g/mol. The first-order chi connectivity index (χ1) is 11.2. The van der Waals surface area contributed by atoms with Gasteiger partial charge in [0.05, 0.1) is 11.4 Å². The zero-order valence-electron chi connectivity index (χ0n) is 12.5. The fourth-order valence-corrected chi connectivity index (χ4v) is 4.29. The number of hydrogen-bond acceptors (Lipinski definition) is 2. The number of hydrogen-bond donors (Lipinski definition) is 0. The van der Waals surface area contributed by atoms with Gasteiger partial charge in [-0.25, -0.2) is 0 Å². The highest BCUT2D eigenvalue weighted by molar-refractivity contribution is 7.99. The van der Waals surface area contributed by atoms with Gasteiger partial charge >= 0.3 is 0 Å². The van der Waals surface area contributed by atoms with E-state index in [1.165, 1.54) is 5.56 Å². The summed E-state index contributed by atoms with van der Waals surface area (Å²) in [6, 6.07) is 18.5.